The fraction of sp³-hybridized carbons (Fsp3) is 0.286. The van der Waals surface area contributed by atoms with Gasteiger partial charge in [0.15, 0.2) is 0 Å². The van der Waals surface area contributed by atoms with Crippen molar-refractivity contribution in [3.63, 3.8) is 0 Å². The molecule has 0 aliphatic carbocycles. The van der Waals surface area contributed by atoms with Crippen LogP contribution in [0.5, 0.6) is 0 Å². The lowest BCUT2D eigenvalue weighted by Gasteiger charge is -2.33. The highest BCUT2D eigenvalue weighted by Gasteiger charge is 2.34. The molecule has 2 amide bonds. The first-order valence-electron chi connectivity index (χ1n) is 12.4. The molecule has 0 heterocycles. The highest BCUT2D eigenvalue weighted by atomic mass is 35.5. The van der Waals surface area contributed by atoms with E-state index in [0.29, 0.717) is 18.0 Å². The molecule has 1 atom stereocenters. The largest absolute Gasteiger partial charge is 0.354 e. The summed E-state index contributed by atoms with van der Waals surface area (Å²) in [4.78, 5) is 28.5. The topological polar surface area (TPSA) is 86.8 Å². The number of nitrogens with one attached hydrogen (secondary N) is 1. The van der Waals surface area contributed by atoms with Gasteiger partial charge < -0.3 is 10.2 Å². The van der Waals surface area contributed by atoms with Crippen molar-refractivity contribution in [3.05, 3.63) is 93.4 Å². The van der Waals surface area contributed by atoms with Crippen molar-refractivity contribution in [2.75, 3.05) is 17.4 Å². The zero-order valence-electron chi connectivity index (χ0n) is 21.6. The Hall–Kier alpha value is -2.78. The van der Waals surface area contributed by atoms with E-state index >= 15 is 0 Å². The van der Waals surface area contributed by atoms with E-state index in [1.165, 1.54) is 29.2 Å². The minimum absolute atomic E-state index is 0.0107. The fourth-order valence-corrected chi connectivity index (χ4v) is 6.01. The van der Waals surface area contributed by atoms with Crippen molar-refractivity contribution in [2.45, 2.75) is 44.2 Å². The summed E-state index contributed by atoms with van der Waals surface area (Å²) in [5.74, 6) is -0.904. The van der Waals surface area contributed by atoms with Gasteiger partial charge >= 0.3 is 0 Å². The third-order valence-electron chi connectivity index (χ3n) is 6.01. The van der Waals surface area contributed by atoms with Gasteiger partial charge in [0, 0.05) is 18.1 Å². The summed E-state index contributed by atoms with van der Waals surface area (Å²) in [6, 6.07) is 18.4. The third kappa shape index (κ3) is 7.66. The Bertz CT molecular complexity index is 1390. The van der Waals surface area contributed by atoms with E-state index in [0.717, 1.165) is 16.3 Å². The molecule has 11 heteroatoms. The first kappa shape index (κ1) is 30.8. The summed E-state index contributed by atoms with van der Waals surface area (Å²) in [6.07, 6.45) is 1.04. The number of carbonyl (C=O) groups excluding carboxylic acids is 2. The van der Waals surface area contributed by atoms with E-state index in [2.05, 4.69) is 5.32 Å². The molecule has 208 valence electrons. The van der Waals surface area contributed by atoms with E-state index in [1.807, 2.05) is 6.92 Å². The van der Waals surface area contributed by atoms with Gasteiger partial charge in [-0.3, -0.25) is 13.9 Å². The predicted molar refractivity (Wildman–Crippen MR) is 157 cm³/mol. The Kier molecular flexibility index (Phi) is 11.1. The molecule has 3 rings (SSSR count). The lowest BCUT2D eigenvalue weighted by Crippen LogP contribution is -2.52. The molecule has 0 aliphatic rings. The smallest absolute Gasteiger partial charge is 0.264 e. The summed E-state index contributed by atoms with van der Waals surface area (Å²) in [7, 11) is -4.24. The van der Waals surface area contributed by atoms with Crippen LogP contribution in [0.15, 0.2) is 77.7 Å². The second-order valence-electron chi connectivity index (χ2n) is 8.76. The Morgan fingerprint density at radius 3 is 2.18 bits per heavy atom. The van der Waals surface area contributed by atoms with Gasteiger partial charge in [0.2, 0.25) is 11.8 Å². The van der Waals surface area contributed by atoms with Crippen molar-refractivity contribution < 1.29 is 18.0 Å². The molecule has 0 bridgehead atoms. The van der Waals surface area contributed by atoms with Gasteiger partial charge in [0.05, 0.1) is 20.6 Å². The fourth-order valence-electron chi connectivity index (χ4n) is 3.99. The second-order valence-corrected chi connectivity index (χ2v) is 11.8. The molecule has 0 spiro atoms. The van der Waals surface area contributed by atoms with Gasteiger partial charge in [-0.25, -0.2) is 8.42 Å². The van der Waals surface area contributed by atoms with E-state index in [9.17, 15) is 18.0 Å². The Morgan fingerprint density at radius 2 is 1.56 bits per heavy atom. The first-order chi connectivity index (χ1) is 18.6. The van der Waals surface area contributed by atoms with Crippen molar-refractivity contribution >= 4 is 62.3 Å². The van der Waals surface area contributed by atoms with E-state index in [4.69, 9.17) is 34.8 Å². The molecule has 0 fully saturated rings. The number of hydrogen-bond donors (Lipinski definition) is 1. The lowest BCUT2D eigenvalue weighted by molar-refractivity contribution is -0.140. The quantitative estimate of drug-likeness (QED) is 0.266. The molecule has 7 nitrogen and oxygen atoms in total. The van der Waals surface area contributed by atoms with Gasteiger partial charge in [-0.05, 0) is 54.8 Å². The second kappa shape index (κ2) is 14.0. The summed E-state index contributed by atoms with van der Waals surface area (Å²) in [5, 5.41) is 3.50. The normalized spacial score (nSPS) is 12.0. The molecular weight excluding hydrogens is 581 g/mol. The number of amides is 2. The Morgan fingerprint density at radius 1 is 0.897 bits per heavy atom. The third-order valence-corrected chi connectivity index (χ3v) is 8.85. The van der Waals surface area contributed by atoms with Gasteiger partial charge in [-0.15, -0.1) is 0 Å². The standard InChI is InChI=1S/C28H30Cl3N3O4S/c1-3-17-32-28(36)24(4-2)33(18-20-13-15-21(29)16-14-20)26(35)19-34(25-12-8-11-23(30)27(25)31)39(37,38)22-9-6-5-7-10-22/h5-16,24H,3-4,17-19H2,1-2H3,(H,32,36). The highest BCUT2D eigenvalue weighted by Crippen LogP contribution is 2.35. The van der Waals surface area contributed by atoms with E-state index < -0.39 is 28.5 Å². The number of benzene rings is 3. The Labute approximate surface area is 244 Å². The number of halogens is 3. The van der Waals surface area contributed by atoms with Crippen molar-refractivity contribution in [3.8, 4) is 0 Å². The van der Waals surface area contributed by atoms with Gasteiger partial charge in [0.25, 0.3) is 10.0 Å². The lowest BCUT2D eigenvalue weighted by atomic mass is 10.1. The molecule has 0 saturated carbocycles. The molecule has 0 saturated heterocycles. The van der Waals surface area contributed by atoms with E-state index in [-0.39, 0.29) is 33.1 Å². The summed E-state index contributed by atoms with van der Waals surface area (Å²) in [5.41, 5.74) is 0.782. The molecule has 0 aliphatic heterocycles. The maximum absolute atomic E-state index is 14.0. The average Bonchev–Trinajstić information content (AvgIpc) is 2.93. The van der Waals surface area contributed by atoms with Crippen LogP contribution in [0.1, 0.15) is 32.3 Å². The average molecular weight is 611 g/mol. The van der Waals surface area contributed by atoms with Crippen LogP contribution in [0.4, 0.5) is 5.69 Å². The van der Waals surface area contributed by atoms with Gasteiger partial charge in [0.1, 0.15) is 12.6 Å². The van der Waals surface area contributed by atoms with Crippen LogP contribution in [-0.4, -0.2) is 44.3 Å². The van der Waals surface area contributed by atoms with Crippen LogP contribution >= 0.6 is 34.8 Å². The van der Waals surface area contributed by atoms with Crippen LogP contribution in [0, 0.1) is 0 Å². The number of nitrogens with zero attached hydrogens (tertiary/aromatic N) is 2. The molecule has 39 heavy (non-hydrogen) atoms. The maximum atomic E-state index is 14.0. The monoisotopic (exact) mass is 609 g/mol. The van der Waals surface area contributed by atoms with Crippen LogP contribution < -0.4 is 9.62 Å². The molecule has 3 aromatic rings. The van der Waals surface area contributed by atoms with Gasteiger partial charge in [-0.2, -0.15) is 0 Å². The van der Waals surface area contributed by atoms with Crippen LogP contribution in [0.25, 0.3) is 0 Å². The van der Waals surface area contributed by atoms with Crippen molar-refractivity contribution in [1.29, 1.82) is 0 Å². The minimum Gasteiger partial charge on any atom is -0.354 e. The zero-order valence-corrected chi connectivity index (χ0v) is 24.7. The van der Waals surface area contributed by atoms with Crippen LogP contribution in [-0.2, 0) is 26.2 Å². The molecule has 1 unspecified atom stereocenters. The maximum Gasteiger partial charge on any atom is 0.264 e. The molecule has 0 aromatic heterocycles. The number of anilines is 1. The van der Waals surface area contributed by atoms with Crippen molar-refractivity contribution in [1.82, 2.24) is 10.2 Å². The Balaban J connectivity index is 2.08. The summed E-state index contributed by atoms with van der Waals surface area (Å²) < 4.78 is 28.6. The van der Waals surface area contributed by atoms with E-state index in [1.54, 1.807) is 55.5 Å². The van der Waals surface area contributed by atoms with Crippen LogP contribution in [0.2, 0.25) is 15.1 Å². The number of sulfonamides is 1. The molecule has 0 radical (unpaired) electrons. The molecule has 3 aromatic carbocycles. The predicted octanol–water partition coefficient (Wildman–Crippen LogP) is 6.18. The van der Waals surface area contributed by atoms with Crippen LogP contribution in [0.3, 0.4) is 0 Å². The SMILES string of the molecule is CCCNC(=O)C(CC)N(Cc1ccc(Cl)cc1)C(=O)CN(c1cccc(Cl)c1Cl)S(=O)(=O)c1ccccc1. The summed E-state index contributed by atoms with van der Waals surface area (Å²) in [6.45, 7) is 3.63. The van der Waals surface area contributed by atoms with Gasteiger partial charge in [-0.1, -0.05) is 85.0 Å². The highest BCUT2D eigenvalue weighted by molar-refractivity contribution is 7.92. The number of carbonyl (C=O) groups is 2. The number of rotatable bonds is 12. The summed E-state index contributed by atoms with van der Waals surface area (Å²) >= 11 is 18.7. The number of hydrogen-bond acceptors (Lipinski definition) is 4. The zero-order chi connectivity index (χ0) is 28.6. The molecular formula is C28H30Cl3N3O4S. The van der Waals surface area contributed by atoms with Crippen molar-refractivity contribution in [2.24, 2.45) is 0 Å². The molecule has 1 N–H and O–H groups in total. The first-order valence-corrected chi connectivity index (χ1v) is 15.0. The minimum atomic E-state index is -4.24.